The standard InChI is InChI=1S/C24H21F2N7O2/c1-17(24(35,13-31-16-28-14-29-31)21-7-2-18(25)12-22(21)26)32-10-11-33(23(32)34)20-5-3-19(4-6-20)30-9-8-27-15-30/h2-12,14-17,35H,13H2,1H3/t17-,24-/m1/s1. The Bertz CT molecular complexity index is 1490. The molecule has 5 rings (SSSR count). The van der Waals surface area contributed by atoms with Crippen LogP contribution in [0, 0.1) is 11.6 Å². The highest BCUT2D eigenvalue weighted by molar-refractivity contribution is 5.41. The number of aliphatic hydroxyl groups is 1. The van der Waals surface area contributed by atoms with Gasteiger partial charge in [-0.25, -0.2) is 28.2 Å². The van der Waals surface area contributed by atoms with Gasteiger partial charge in [-0.05, 0) is 37.3 Å². The smallest absolute Gasteiger partial charge is 0.333 e. The van der Waals surface area contributed by atoms with E-state index in [4.69, 9.17) is 0 Å². The molecule has 5 aromatic rings. The highest BCUT2D eigenvalue weighted by atomic mass is 19.1. The average Bonchev–Trinajstić information content (AvgIpc) is 3.61. The molecule has 0 spiro atoms. The normalized spacial score (nSPS) is 14.1. The van der Waals surface area contributed by atoms with Crippen LogP contribution in [0.1, 0.15) is 18.5 Å². The first kappa shape index (κ1) is 22.4. The second-order valence-electron chi connectivity index (χ2n) is 8.16. The Balaban J connectivity index is 1.53. The first-order valence-electron chi connectivity index (χ1n) is 10.8. The molecule has 35 heavy (non-hydrogen) atoms. The number of hydrogen-bond acceptors (Lipinski definition) is 5. The maximum atomic E-state index is 14.8. The van der Waals surface area contributed by atoms with Crippen molar-refractivity contribution in [3.8, 4) is 11.4 Å². The van der Waals surface area contributed by atoms with Gasteiger partial charge < -0.3 is 9.67 Å². The van der Waals surface area contributed by atoms with E-state index in [0.29, 0.717) is 11.8 Å². The highest BCUT2D eigenvalue weighted by Gasteiger charge is 2.41. The van der Waals surface area contributed by atoms with Crippen molar-refractivity contribution in [2.75, 3.05) is 0 Å². The zero-order valence-electron chi connectivity index (χ0n) is 18.6. The van der Waals surface area contributed by atoms with Crippen LogP contribution in [0.3, 0.4) is 0 Å². The van der Waals surface area contributed by atoms with Crippen LogP contribution in [0.4, 0.5) is 8.78 Å². The van der Waals surface area contributed by atoms with Gasteiger partial charge in [0.05, 0.1) is 24.6 Å². The minimum atomic E-state index is -1.95. The molecule has 2 atom stereocenters. The lowest BCUT2D eigenvalue weighted by Gasteiger charge is -2.35. The van der Waals surface area contributed by atoms with E-state index in [0.717, 1.165) is 11.8 Å². The second kappa shape index (κ2) is 8.76. The van der Waals surface area contributed by atoms with Gasteiger partial charge >= 0.3 is 5.69 Å². The molecular formula is C24H21F2N7O2. The minimum absolute atomic E-state index is 0.161. The van der Waals surface area contributed by atoms with Crippen LogP contribution in [-0.2, 0) is 12.1 Å². The summed E-state index contributed by atoms with van der Waals surface area (Å²) in [5.41, 5.74) is -1.07. The third-order valence-corrected chi connectivity index (χ3v) is 6.11. The summed E-state index contributed by atoms with van der Waals surface area (Å²) in [6.07, 6.45) is 10.9. The third-order valence-electron chi connectivity index (χ3n) is 6.11. The fourth-order valence-corrected chi connectivity index (χ4v) is 4.15. The predicted octanol–water partition coefficient (Wildman–Crippen LogP) is 2.84. The summed E-state index contributed by atoms with van der Waals surface area (Å²) in [5.74, 6) is -1.70. The monoisotopic (exact) mass is 477 g/mol. The highest BCUT2D eigenvalue weighted by Crippen LogP contribution is 2.36. The van der Waals surface area contributed by atoms with Gasteiger partial charge in [0.1, 0.15) is 29.9 Å². The van der Waals surface area contributed by atoms with E-state index >= 15 is 0 Å². The maximum Gasteiger partial charge on any atom is 0.333 e. The molecule has 2 aromatic carbocycles. The Morgan fingerprint density at radius 1 is 1.00 bits per heavy atom. The van der Waals surface area contributed by atoms with E-state index in [1.54, 1.807) is 37.8 Å². The Hall–Kier alpha value is -4.38. The second-order valence-corrected chi connectivity index (χ2v) is 8.16. The largest absolute Gasteiger partial charge is 0.381 e. The van der Waals surface area contributed by atoms with Gasteiger partial charge in [-0.15, -0.1) is 0 Å². The van der Waals surface area contributed by atoms with Gasteiger partial charge in [0.25, 0.3) is 0 Å². The van der Waals surface area contributed by atoms with Gasteiger partial charge in [-0.3, -0.25) is 9.13 Å². The molecular weight excluding hydrogens is 456 g/mol. The maximum absolute atomic E-state index is 14.8. The predicted molar refractivity (Wildman–Crippen MR) is 122 cm³/mol. The zero-order valence-corrected chi connectivity index (χ0v) is 18.6. The zero-order chi connectivity index (χ0) is 24.6. The topological polar surface area (TPSA) is 95.7 Å². The molecule has 3 aromatic heterocycles. The number of benzene rings is 2. The molecule has 0 fully saturated rings. The molecule has 178 valence electrons. The molecule has 0 unspecified atom stereocenters. The minimum Gasteiger partial charge on any atom is -0.381 e. The van der Waals surface area contributed by atoms with Crippen molar-refractivity contribution in [3.05, 3.63) is 114 Å². The fraction of sp³-hybridized carbons (Fsp3) is 0.167. The summed E-state index contributed by atoms with van der Waals surface area (Å²) in [6, 6.07) is 9.25. The lowest BCUT2D eigenvalue weighted by Crippen LogP contribution is -2.43. The fourth-order valence-electron chi connectivity index (χ4n) is 4.15. The van der Waals surface area contributed by atoms with Crippen molar-refractivity contribution in [2.24, 2.45) is 0 Å². The van der Waals surface area contributed by atoms with Crippen LogP contribution >= 0.6 is 0 Å². The number of nitrogens with zero attached hydrogens (tertiary/aromatic N) is 7. The summed E-state index contributed by atoms with van der Waals surface area (Å²) in [5, 5.41) is 15.8. The lowest BCUT2D eigenvalue weighted by atomic mass is 9.86. The van der Waals surface area contributed by atoms with E-state index in [1.807, 2.05) is 22.9 Å². The molecule has 0 radical (unpaired) electrons. The van der Waals surface area contributed by atoms with Gasteiger partial charge in [0, 0.05) is 42.1 Å². The van der Waals surface area contributed by atoms with Gasteiger partial charge in [0.15, 0.2) is 0 Å². The summed E-state index contributed by atoms with van der Waals surface area (Å²) in [7, 11) is 0. The van der Waals surface area contributed by atoms with Gasteiger partial charge in [-0.2, -0.15) is 5.10 Å². The van der Waals surface area contributed by atoms with Crippen LogP contribution in [0.2, 0.25) is 0 Å². The SMILES string of the molecule is C[C@@H](n1ccn(-c2ccc(-n3ccnc3)cc2)c1=O)[C@](O)(Cn1cncn1)c1ccc(F)cc1F. The number of imidazole rings is 2. The van der Waals surface area contributed by atoms with Crippen LogP contribution in [0.25, 0.3) is 11.4 Å². The Kier molecular flexibility index (Phi) is 5.61. The van der Waals surface area contributed by atoms with E-state index in [2.05, 4.69) is 15.1 Å². The summed E-state index contributed by atoms with van der Waals surface area (Å²) >= 11 is 0. The number of halogens is 2. The first-order valence-corrected chi connectivity index (χ1v) is 10.8. The van der Waals surface area contributed by atoms with Crippen molar-refractivity contribution >= 4 is 0 Å². The van der Waals surface area contributed by atoms with Crippen LogP contribution in [-0.4, -0.2) is 38.6 Å². The lowest BCUT2D eigenvalue weighted by molar-refractivity contribution is -0.0342. The van der Waals surface area contributed by atoms with Crippen molar-refractivity contribution in [1.29, 1.82) is 0 Å². The molecule has 0 aliphatic carbocycles. The summed E-state index contributed by atoms with van der Waals surface area (Å²) in [4.78, 5) is 21.2. The molecule has 9 nitrogen and oxygen atoms in total. The molecule has 0 saturated heterocycles. The molecule has 0 aliphatic rings. The van der Waals surface area contributed by atoms with Crippen LogP contribution in [0.5, 0.6) is 0 Å². The summed E-state index contributed by atoms with van der Waals surface area (Å²) < 4.78 is 34.3. The summed E-state index contributed by atoms with van der Waals surface area (Å²) in [6.45, 7) is 1.38. The molecule has 3 heterocycles. The van der Waals surface area contributed by atoms with E-state index in [-0.39, 0.29) is 12.1 Å². The van der Waals surface area contributed by atoms with E-state index in [9.17, 15) is 18.7 Å². The first-order chi connectivity index (χ1) is 16.9. The van der Waals surface area contributed by atoms with E-state index in [1.165, 1.54) is 38.7 Å². The number of aromatic nitrogens is 7. The van der Waals surface area contributed by atoms with Gasteiger partial charge in [0.2, 0.25) is 0 Å². The molecule has 11 heteroatoms. The molecule has 0 amide bonds. The molecule has 0 aliphatic heterocycles. The van der Waals surface area contributed by atoms with Crippen molar-refractivity contribution in [1.82, 2.24) is 33.4 Å². The van der Waals surface area contributed by atoms with Crippen molar-refractivity contribution in [2.45, 2.75) is 25.1 Å². The number of hydrogen-bond donors (Lipinski definition) is 1. The Morgan fingerprint density at radius 3 is 2.43 bits per heavy atom. The van der Waals surface area contributed by atoms with Crippen LogP contribution < -0.4 is 5.69 Å². The molecule has 1 N–H and O–H groups in total. The average molecular weight is 477 g/mol. The number of rotatable bonds is 7. The van der Waals surface area contributed by atoms with Crippen LogP contribution in [0.15, 0.2) is 91.0 Å². The molecule has 0 bridgehead atoms. The van der Waals surface area contributed by atoms with Gasteiger partial charge in [-0.1, -0.05) is 6.07 Å². The van der Waals surface area contributed by atoms with Crippen molar-refractivity contribution in [3.63, 3.8) is 0 Å². The third kappa shape index (κ3) is 4.06. The quantitative estimate of drug-likeness (QED) is 0.389. The Labute approximate surface area is 198 Å². The van der Waals surface area contributed by atoms with E-state index < -0.39 is 29.0 Å². The van der Waals surface area contributed by atoms with Crippen molar-refractivity contribution < 1.29 is 13.9 Å². The Morgan fingerprint density at radius 2 is 1.77 bits per heavy atom. The molecule has 0 saturated carbocycles.